The maximum Gasteiger partial charge on any atom is 0.248 e. The summed E-state index contributed by atoms with van der Waals surface area (Å²) in [6.07, 6.45) is 1.75. The van der Waals surface area contributed by atoms with Crippen molar-refractivity contribution in [3.05, 3.63) is 40.8 Å². The first kappa shape index (κ1) is 13.6. The van der Waals surface area contributed by atoms with Crippen molar-refractivity contribution in [2.75, 3.05) is 5.73 Å². The Morgan fingerprint density at radius 1 is 1.30 bits per heavy atom. The SMILES string of the molecule is Nc1ncc(SCc2nnc(-c3ccccc3Br)o2)s1. The van der Waals surface area contributed by atoms with Crippen LogP contribution in [0.4, 0.5) is 5.13 Å². The van der Waals surface area contributed by atoms with E-state index in [0.717, 1.165) is 14.2 Å². The number of hydrogen-bond donors (Lipinski definition) is 1. The number of benzene rings is 1. The number of halogens is 1. The van der Waals surface area contributed by atoms with Crippen molar-refractivity contribution >= 4 is 44.2 Å². The fourth-order valence-corrected chi connectivity index (χ4v) is 3.58. The van der Waals surface area contributed by atoms with Crippen LogP contribution < -0.4 is 5.73 Å². The molecule has 0 unspecified atom stereocenters. The Balaban J connectivity index is 1.72. The molecule has 0 spiro atoms. The van der Waals surface area contributed by atoms with Gasteiger partial charge in [0.25, 0.3) is 0 Å². The Morgan fingerprint density at radius 2 is 2.15 bits per heavy atom. The molecule has 0 bridgehead atoms. The first-order valence-electron chi connectivity index (χ1n) is 5.64. The second-order valence-corrected chi connectivity index (χ2v) is 6.98. The summed E-state index contributed by atoms with van der Waals surface area (Å²) >= 11 is 6.49. The number of thioether (sulfide) groups is 1. The van der Waals surface area contributed by atoms with Crippen molar-refractivity contribution in [3.63, 3.8) is 0 Å². The smallest absolute Gasteiger partial charge is 0.248 e. The van der Waals surface area contributed by atoms with Crippen LogP contribution in [0.25, 0.3) is 11.5 Å². The molecular weight excluding hydrogens is 360 g/mol. The highest BCUT2D eigenvalue weighted by atomic mass is 79.9. The lowest BCUT2D eigenvalue weighted by molar-refractivity contribution is 0.528. The molecule has 2 aromatic heterocycles. The number of thiazole rings is 1. The summed E-state index contributed by atoms with van der Waals surface area (Å²) < 4.78 is 7.62. The van der Waals surface area contributed by atoms with Crippen LogP contribution in [0.15, 0.2) is 43.6 Å². The average Bonchev–Trinajstić information content (AvgIpc) is 3.06. The topological polar surface area (TPSA) is 77.8 Å². The van der Waals surface area contributed by atoms with Crippen LogP contribution in [0, 0.1) is 0 Å². The van der Waals surface area contributed by atoms with Gasteiger partial charge in [-0.25, -0.2) is 4.98 Å². The number of anilines is 1. The maximum absolute atomic E-state index is 5.66. The molecular formula is C12H9BrN4OS2. The lowest BCUT2D eigenvalue weighted by atomic mass is 10.2. The van der Waals surface area contributed by atoms with E-state index in [1.165, 1.54) is 11.3 Å². The van der Waals surface area contributed by atoms with Gasteiger partial charge in [-0.2, -0.15) is 0 Å². The fraction of sp³-hybridized carbons (Fsp3) is 0.0833. The maximum atomic E-state index is 5.66. The number of hydrogen-bond acceptors (Lipinski definition) is 7. The van der Waals surface area contributed by atoms with E-state index >= 15 is 0 Å². The summed E-state index contributed by atoms with van der Waals surface area (Å²) in [6.45, 7) is 0. The molecule has 0 amide bonds. The largest absolute Gasteiger partial charge is 0.420 e. The quantitative estimate of drug-likeness (QED) is 0.705. The zero-order chi connectivity index (χ0) is 13.9. The van der Waals surface area contributed by atoms with Gasteiger partial charge in [0.05, 0.1) is 21.7 Å². The Hall–Kier alpha value is -1.38. The molecule has 3 rings (SSSR count). The molecule has 102 valence electrons. The second-order valence-electron chi connectivity index (χ2n) is 3.79. The molecule has 0 radical (unpaired) electrons. The minimum atomic E-state index is 0.511. The van der Waals surface area contributed by atoms with Gasteiger partial charge in [-0.15, -0.1) is 22.0 Å². The number of nitrogens with two attached hydrogens (primary N) is 1. The van der Waals surface area contributed by atoms with E-state index < -0.39 is 0 Å². The predicted octanol–water partition coefficient (Wildman–Crippen LogP) is 3.83. The summed E-state index contributed by atoms with van der Waals surface area (Å²) in [7, 11) is 0. The summed E-state index contributed by atoms with van der Waals surface area (Å²) in [6, 6.07) is 7.74. The first-order chi connectivity index (χ1) is 9.72. The summed E-state index contributed by atoms with van der Waals surface area (Å²) in [4.78, 5) is 4.00. The van der Waals surface area contributed by atoms with Gasteiger partial charge < -0.3 is 10.2 Å². The highest BCUT2D eigenvalue weighted by Crippen LogP contribution is 2.31. The molecule has 0 saturated heterocycles. The molecule has 5 nitrogen and oxygen atoms in total. The van der Waals surface area contributed by atoms with Crippen LogP contribution in [0.3, 0.4) is 0 Å². The molecule has 3 aromatic rings. The Morgan fingerprint density at radius 3 is 2.90 bits per heavy atom. The minimum absolute atomic E-state index is 0.511. The number of nitrogens with zero attached hydrogens (tertiary/aromatic N) is 3. The number of nitrogen functional groups attached to an aromatic ring is 1. The van der Waals surface area contributed by atoms with Crippen LogP contribution in [0.2, 0.25) is 0 Å². The normalized spacial score (nSPS) is 10.8. The molecule has 2 heterocycles. The first-order valence-corrected chi connectivity index (χ1v) is 8.23. The molecule has 2 N–H and O–H groups in total. The summed E-state index contributed by atoms with van der Waals surface area (Å²) in [5.74, 6) is 1.68. The van der Waals surface area contributed by atoms with Crippen molar-refractivity contribution < 1.29 is 4.42 Å². The van der Waals surface area contributed by atoms with Crippen LogP contribution in [-0.2, 0) is 5.75 Å². The van der Waals surface area contributed by atoms with Crippen molar-refractivity contribution in [1.29, 1.82) is 0 Å². The highest BCUT2D eigenvalue weighted by Gasteiger charge is 2.11. The predicted molar refractivity (Wildman–Crippen MR) is 83.5 cm³/mol. The lowest BCUT2D eigenvalue weighted by Crippen LogP contribution is -1.79. The molecule has 0 saturated carbocycles. The van der Waals surface area contributed by atoms with E-state index in [9.17, 15) is 0 Å². The molecule has 0 atom stereocenters. The lowest BCUT2D eigenvalue weighted by Gasteiger charge is -1.97. The fourth-order valence-electron chi connectivity index (χ4n) is 1.53. The third-order valence-electron chi connectivity index (χ3n) is 2.41. The van der Waals surface area contributed by atoms with E-state index in [4.69, 9.17) is 10.2 Å². The average molecular weight is 369 g/mol. The van der Waals surface area contributed by atoms with Crippen LogP contribution in [0.1, 0.15) is 5.89 Å². The molecule has 0 aliphatic heterocycles. The van der Waals surface area contributed by atoms with Gasteiger partial charge >= 0.3 is 0 Å². The van der Waals surface area contributed by atoms with Crippen LogP contribution in [0.5, 0.6) is 0 Å². The van der Waals surface area contributed by atoms with E-state index in [1.807, 2.05) is 24.3 Å². The molecule has 1 aromatic carbocycles. The number of aromatic nitrogens is 3. The van der Waals surface area contributed by atoms with E-state index in [0.29, 0.717) is 22.7 Å². The molecule has 0 fully saturated rings. The third kappa shape index (κ3) is 3.02. The van der Waals surface area contributed by atoms with Crippen LogP contribution in [-0.4, -0.2) is 15.2 Å². The van der Waals surface area contributed by atoms with Gasteiger partial charge in [-0.1, -0.05) is 23.5 Å². The molecule has 8 heteroatoms. The third-order valence-corrected chi connectivity index (χ3v) is 5.11. The second kappa shape index (κ2) is 5.94. The van der Waals surface area contributed by atoms with E-state index in [-0.39, 0.29) is 0 Å². The Bertz CT molecular complexity index is 728. The molecule has 0 aliphatic carbocycles. The van der Waals surface area contributed by atoms with Gasteiger partial charge in [-0.3, -0.25) is 0 Å². The van der Waals surface area contributed by atoms with Gasteiger partial charge in [-0.05, 0) is 28.1 Å². The van der Waals surface area contributed by atoms with Crippen molar-refractivity contribution in [2.24, 2.45) is 0 Å². The number of rotatable bonds is 4. The zero-order valence-electron chi connectivity index (χ0n) is 10.1. The van der Waals surface area contributed by atoms with Gasteiger partial charge in [0.2, 0.25) is 11.8 Å². The van der Waals surface area contributed by atoms with E-state index in [1.54, 1.807) is 18.0 Å². The van der Waals surface area contributed by atoms with Crippen molar-refractivity contribution in [1.82, 2.24) is 15.2 Å². The summed E-state index contributed by atoms with van der Waals surface area (Å²) in [5.41, 5.74) is 6.47. The van der Waals surface area contributed by atoms with Crippen LogP contribution >= 0.6 is 39.0 Å². The van der Waals surface area contributed by atoms with Crippen molar-refractivity contribution in [2.45, 2.75) is 9.96 Å². The Labute approximate surface area is 131 Å². The Kier molecular flexibility index (Phi) is 4.04. The van der Waals surface area contributed by atoms with Gasteiger partial charge in [0.1, 0.15) is 0 Å². The standard InChI is InChI=1S/C12H9BrN4OS2/c13-8-4-2-1-3-7(8)11-17-16-9(18-11)6-19-10-5-15-12(14)20-10/h1-5H,6H2,(H2,14,15). The monoisotopic (exact) mass is 368 g/mol. The molecule has 0 aliphatic rings. The molecule has 20 heavy (non-hydrogen) atoms. The summed E-state index contributed by atoms with van der Waals surface area (Å²) in [5, 5.41) is 8.68. The van der Waals surface area contributed by atoms with E-state index in [2.05, 4.69) is 31.1 Å². The highest BCUT2D eigenvalue weighted by molar-refractivity contribution is 9.10. The van der Waals surface area contributed by atoms with Gasteiger partial charge in [0.15, 0.2) is 5.13 Å². The zero-order valence-corrected chi connectivity index (χ0v) is 13.3. The minimum Gasteiger partial charge on any atom is -0.420 e. The van der Waals surface area contributed by atoms with Gasteiger partial charge in [0, 0.05) is 4.47 Å². The van der Waals surface area contributed by atoms with Crippen molar-refractivity contribution in [3.8, 4) is 11.5 Å².